The van der Waals surface area contributed by atoms with Gasteiger partial charge >= 0.3 is 0 Å². The Hall–Kier alpha value is -0.910. The fourth-order valence-corrected chi connectivity index (χ4v) is 3.53. The summed E-state index contributed by atoms with van der Waals surface area (Å²) in [5.41, 5.74) is 1.07. The van der Waals surface area contributed by atoms with E-state index in [1.807, 2.05) is 29.5 Å². The molecule has 2 nitrogen and oxygen atoms in total. The van der Waals surface area contributed by atoms with Crippen LogP contribution in [0.5, 0.6) is 0 Å². The third-order valence-corrected chi connectivity index (χ3v) is 4.56. The smallest absolute Gasteiger partial charge is 0.131 e. The normalized spacial score (nSPS) is 12.5. The zero-order valence-electron chi connectivity index (χ0n) is 10.7. The molecule has 1 N–H and O–H groups in total. The summed E-state index contributed by atoms with van der Waals surface area (Å²) in [5.74, 6) is -0.369. The van der Waals surface area contributed by atoms with Gasteiger partial charge in [0.25, 0.3) is 0 Å². The molecule has 0 aliphatic heterocycles. The van der Waals surface area contributed by atoms with Gasteiger partial charge in [-0.25, -0.2) is 4.39 Å². The number of aliphatic hydroxyl groups excluding tert-OH is 1. The maximum absolute atomic E-state index is 13.8. The van der Waals surface area contributed by atoms with Crippen LogP contribution in [0.3, 0.4) is 0 Å². The molecule has 0 saturated carbocycles. The summed E-state index contributed by atoms with van der Waals surface area (Å²) in [6.45, 7) is 2.26. The largest absolute Gasteiger partial charge is 0.389 e. The van der Waals surface area contributed by atoms with Gasteiger partial charge in [-0.05, 0) is 41.1 Å². The van der Waals surface area contributed by atoms with Gasteiger partial charge in [0, 0.05) is 33.0 Å². The molecule has 2 rings (SSSR count). The lowest BCUT2D eigenvalue weighted by atomic mass is 10.1. The molecule has 1 heterocycles. The number of benzene rings is 1. The summed E-state index contributed by atoms with van der Waals surface area (Å²) in [5, 5.41) is 11.8. The number of hydrogen-bond acceptors (Lipinski definition) is 3. The molecular weight excluding hydrogens is 329 g/mol. The van der Waals surface area contributed by atoms with Crippen molar-refractivity contribution in [1.82, 2.24) is 0 Å². The molecule has 0 radical (unpaired) electrons. The summed E-state index contributed by atoms with van der Waals surface area (Å²) in [6, 6.07) is 6.91. The van der Waals surface area contributed by atoms with E-state index in [-0.39, 0.29) is 5.82 Å². The number of thiophene rings is 1. The molecular formula is C14H15BrFNOS. The molecule has 0 saturated heterocycles. The zero-order valence-corrected chi connectivity index (χ0v) is 13.1. The van der Waals surface area contributed by atoms with Crippen LogP contribution in [0.1, 0.15) is 23.5 Å². The lowest BCUT2D eigenvalue weighted by molar-refractivity contribution is 0.194. The molecule has 19 heavy (non-hydrogen) atoms. The molecule has 0 fully saturated rings. The van der Waals surface area contributed by atoms with E-state index in [9.17, 15) is 9.50 Å². The first-order valence-corrected chi connectivity index (χ1v) is 7.57. The maximum atomic E-state index is 13.8. The Balaban J connectivity index is 2.28. The van der Waals surface area contributed by atoms with Crippen LogP contribution in [-0.2, 0) is 6.54 Å². The minimum Gasteiger partial charge on any atom is -0.389 e. The lowest BCUT2D eigenvalue weighted by Gasteiger charge is -2.23. The van der Waals surface area contributed by atoms with Crippen molar-refractivity contribution in [3.05, 3.63) is 50.4 Å². The van der Waals surface area contributed by atoms with Gasteiger partial charge in [0.2, 0.25) is 0 Å². The molecule has 102 valence electrons. The highest BCUT2D eigenvalue weighted by Gasteiger charge is 2.16. The van der Waals surface area contributed by atoms with Gasteiger partial charge in [-0.3, -0.25) is 0 Å². The van der Waals surface area contributed by atoms with Crippen LogP contribution in [0, 0.1) is 5.82 Å². The zero-order chi connectivity index (χ0) is 14.0. The first-order valence-electron chi connectivity index (χ1n) is 5.89. The molecule has 1 aromatic carbocycles. The Labute approximate surface area is 124 Å². The third-order valence-electron chi connectivity index (χ3n) is 2.87. The SMILES string of the molecule is C[C@H](O)c1c(F)cccc1N(C)Cc1cc(Br)cs1. The van der Waals surface area contributed by atoms with E-state index < -0.39 is 6.10 Å². The van der Waals surface area contributed by atoms with Crippen LogP contribution < -0.4 is 4.90 Å². The molecule has 0 unspecified atom stereocenters. The predicted molar refractivity (Wildman–Crippen MR) is 81.2 cm³/mol. The molecule has 0 aliphatic rings. The number of anilines is 1. The molecule has 0 aliphatic carbocycles. The molecule has 1 aromatic heterocycles. The predicted octanol–water partition coefficient (Wildman–Crippen LogP) is 4.34. The number of hydrogen-bond donors (Lipinski definition) is 1. The Bertz CT molecular complexity index is 570. The maximum Gasteiger partial charge on any atom is 0.131 e. The van der Waals surface area contributed by atoms with E-state index in [0.29, 0.717) is 12.1 Å². The van der Waals surface area contributed by atoms with Gasteiger partial charge < -0.3 is 10.0 Å². The molecule has 0 bridgehead atoms. The van der Waals surface area contributed by atoms with Gasteiger partial charge in [0.1, 0.15) is 5.82 Å². The van der Waals surface area contributed by atoms with Crippen LogP contribution >= 0.6 is 27.3 Å². The van der Waals surface area contributed by atoms with Gasteiger partial charge in [-0.1, -0.05) is 6.07 Å². The van der Waals surface area contributed by atoms with E-state index in [4.69, 9.17) is 0 Å². The molecule has 0 amide bonds. The number of nitrogens with zero attached hydrogens (tertiary/aromatic N) is 1. The highest BCUT2D eigenvalue weighted by molar-refractivity contribution is 9.10. The van der Waals surface area contributed by atoms with Gasteiger partial charge in [-0.2, -0.15) is 0 Å². The van der Waals surface area contributed by atoms with Crippen molar-refractivity contribution in [3.8, 4) is 0 Å². The monoisotopic (exact) mass is 343 g/mol. The lowest BCUT2D eigenvalue weighted by Crippen LogP contribution is -2.18. The topological polar surface area (TPSA) is 23.5 Å². The van der Waals surface area contributed by atoms with Crippen LogP contribution in [0.4, 0.5) is 10.1 Å². The van der Waals surface area contributed by atoms with Crippen molar-refractivity contribution in [2.45, 2.75) is 19.6 Å². The average molecular weight is 344 g/mol. The first kappa shape index (κ1) is 14.5. The summed E-state index contributed by atoms with van der Waals surface area (Å²) in [7, 11) is 1.90. The summed E-state index contributed by atoms with van der Waals surface area (Å²) in [4.78, 5) is 3.12. The first-order chi connectivity index (χ1) is 8.99. The second-order valence-corrected chi connectivity index (χ2v) is 6.35. The van der Waals surface area contributed by atoms with Gasteiger partial charge in [0.05, 0.1) is 12.6 Å². The number of halogens is 2. The van der Waals surface area contributed by atoms with Crippen molar-refractivity contribution < 1.29 is 9.50 Å². The molecule has 0 spiro atoms. The van der Waals surface area contributed by atoms with Gasteiger partial charge in [-0.15, -0.1) is 11.3 Å². The van der Waals surface area contributed by atoms with Crippen molar-refractivity contribution in [1.29, 1.82) is 0 Å². The fourth-order valence-electron chi connectivity index (χ4n) is 2.03. The van der Waals surface area contributed by atoms with E-state index >= 15 is 0 Å². The Morgan fingerprint density at radius 2 is 2.21 bits per heavy atom. The summed E-state index contributed by atoms with van der Waals surface area (Å²) < 4.78 is 14.9. The standard InChI is InChI=1S/C14H15BrFNOS/c1-9(18)14-12(16)4-3-5-13(14)17(2)7-11-6-10(15)8-19-11/h3-6,8-9,18H,7H2,1-2H3/t9-/m0/s1. The number of rotatable bonds is 4. The van der Waals surface area contributed by atoms with E-state index in [1.165, 1.54) is 10.9 Å². The average Bonchev–Trinajstić information content (AvgIpc) is 2.73. The van der Waals surface area contributed by atoms with Crippen LogP contribution in [-0.4, -0.2) is 12.2 Å². The molecule has 5 heteroatoms. The molecule has 2 aromatic rings. The highest BCUT2D eigenvalue weighted by Crippen LogP contribution is 2.30. The van der Waals surface area contributed by atoms with E-state index in [1.54, 1.807) is 24.3 Å². The van der Waals surface area contributed by atoms with Crippen molar-refractivity contribution >= 4 is 33.0 Å². The second-order valence-electron chi connectivity index (χ2n) is 4.44. The highest BCUT2D eigenvalue weighted by atomic mass is 79.9. The third kappa shape index (κ3) is 3.35. The van der Waals surface area contributed by atoms with Gasteiger partial charge in [0.15, 0.2) is 0 Å². The minimum absolute atomic E-state index is 0.348. The van der Waals surface area contributed by atoms with Crippen LogP contribution in [0.15, 0.2) is 34.1 Å². The van der Waals surface area contributed by atoms with Crippen LogP contribution in [0.2, 0.25) is 0 Å². The summed E-state index contributed by atoms with van der Waals surface area (Å²) >= 11 is 5.07. The Kier molecular flexibility index (Phi) is 4.60. The van der Waals surface area contributed by atoms with Crippen LogP contribution in [0.25, 0.3) is 0 Å². The fraction of sp³-hybridized carbons (Fsp3) is 0.286. The Morgan fingerprint density at radius 1 is 1.47 bits per heavy atom. The number of aliphatic hydroxyl groups is 1. The van der Waals surface area contributed by atoms with Crippen molar-refractivity contribution in [2.75, 3.05) is 11.9 Å². The van der Waals surface area contributed by atoms with E-state index in [0.717, 1.165) is 10.2 Å². The van der Waals surface area contributed by atoms with Crippen molar-refractivity contribution in [3.63, 3.8) is 0 Å². The van der Waals surface area contributed by atoms with E-state index in [2.05, 4.69) is 15.9 Å². The molecule has 1 atom stereocenters. The second kappa shape index (κ2) is 6.03. The quantitative estimate of drug-likeness (QED) is 0.892. The minimum atomic E-state index is -0.825. The summed E-state index contributed by atoms with van der Waals surface area (Å²) in [6.07, 6.45) is -0.825. The Morgan fingerprint density at radius 3 is 2.79 bits per heavy atom. The van der Waals surface area contributed by atoms with Crippen molar-refractivity contribution in [2.24, 2.45) is 0 Å².